The lowest BCUT2D eigenvalue weighted by molar-refractivity contribution is -0.943. The van der Waals surface area contributed by atoms with E-state index in [1.54, 1.807) is 0 Å². The maximum atomic E-state index is 2.49. The number of hydrogen-bond donors (Lipinski definition) is 0. The highest BCUT2D eigenvalue weighted by atomic mass is 15.3. The van der Waals surface area contributed by atoms with Gasteiger partial charge in [0, 0.05) is 11.1 Å². The van der Waals surface area contributed by atoms with Crippen LogP contribution < -0.4 is 0 Å². The summed E-state index contributed by atoms with van der Waals surface area (Å²) in [4.78, 5) is 0. The van der Waals surface area contributed by atoms with Crippen LogP contribution in [0.3, 0.4) is 0 Å². The molecule has 1 heteroatoms. The molecule has 0 unspecified atom stereocenters. The minimum Gasteiger partial charge on any atom is -0.310 e. The first-order valence-electron chi connectivity index (χ1n) is 15.5. The van der Waals surface area contributed by atoms with Crippen molar-refractivity contribution in [2.75, 3.05) is 13.1 Å². The molecule has 0 fully saturated rings. The van der Waals surface area contributed by atoms with E-state index in [0.717, 1.165) is 30.7 Å². The van der Waals surface area contributed by atoms with Gasteiger partial charge in [-0.15, -0.1) is 0 Å². The van der Waals surface area contributed by atoms with E-state index in [-0.39, 0.29) is 0 Å². The highest BCUT2D eigenvalue weighted by Gasteiger charge is 2.26. The third-order valence-corrected chi connectivity index (χ3v) is 7.49. The van der Waals surface area contributed by atoms with Crippen LogP contribution in [0.2, 0.25) is 0 Å². The van der Waals surface area contributed by atoms with Crippen LogP contribution in [0.25, 0.3) is 0 Å². The zero-order chi connectivity index (χ0) is 26.3. The van der Waals surface area contributed by atoms with Crippen molar-refractivity contribution in [3.63, 3.8) is 0 Å². The topological polar surface area (TPSA) is 0 Å². The standard InChI is InChI=1S/C36H56N/c1-3-5-7-9-11-13-15-17-25-31-37(33-35-27-21-19-22-28-35,34-36-29-23-20-24-30-36)32-26-18-16-14-12-10-8-6-4-2/h17-30H,3-16,31-34H2,1-2H3/q+1/b25-17+,26-18+. The zero-order valence-corrected chi connectivity index (χ0v) is 24.3. The number of quaternary nitrogens is 1. The van der Waals surface area contributed by atoms with Crippen molar-refractivity contribution in [2.24, 2.45) is 0 Å². The normalized spacial score (nSPS) is 12.2. The van der Waals surface area contributed by atoms with E-state index >= 15 is 0 Å². The highest BCUT2D eigenvalue weighted by molar-refractivity contribution is 5.15. The van der Waals surface area contributed by atoms with Crippen molar-refractivity contribution in [3.8, 4) is 0 Å². The Labute approximate surface area is 230 Å². The summed E-state index contributed by atoms with van der Waals surface area (Å²) in [6.45, 7) is 8.89. The fraction of sp³-hybridized carbons (Fsp3) is 0.556. The largest absolute Gasteiger partial charge is 0.310 e. The first-order valence-corrected chi connectivity index (χ1v) is 15.5. The van der Waals surface area contributed by atoms with Crippen LogP contribution in [-0.2, 0) is 13.1 Å². The molecule has 0 aliphatic carbocycles. The Morgan fingerprint density at radius 3 is 1.24 bits per heavy atom. The van der Waals surface area contributed by atoms with Gasteiger partial charge in [0.15, 0.2) is 0 Å². The van der Waals surface area contributed by atoms with Crippen molar-refractivity contribution in [3.05, 3.63) is 96.1 Å². The molecule has 1 nitrogen and oxygen atoms in total. The molecule has 0 atom stereocenters. The third kappa shape index (κ3) is 15.0. The van der Waals surface area contributed by atoms with Gasteiger partial charge in [-0.05, 0) is 37.8 Å². The second-order valence-electron chi connectivity index (χ2n) is 11.0. The number of benzene rings is 2. The van der Waals surface area contributed by atoms with Crippen molar-refractivity contribution in [1.82, 2.24) is 0 Å². The van der Waals surface area contributed by atoms with Crippen LogP contribution in [0.15, 0.2) is 85.0 Å². The van der Waals surface area contributed by atoms with Crippen LogP contribution >= 0.6 is 0 Å². The van der Waals surface area contributed by atoms with E-state index in [1.165, 1.54) is 101 Å². The van der Waals surface area contributed by atoms with Gasteiger partial charge in [-0.1, -0.05) is 151 Å². The van der Waals surface area contributed by atoms with E-state index in [1.807, 2.05) is 0 Å². The summed E-state index contributed by atoms with van der Waals surface area (Å²) in [6.07, 6.45) is 28.8. The highest BCUT2D eigenvalue weighted by Crippen LogP contribution is 2.21. The van der Waals surface area contributed by atoms with Gasteiger partial charge in [0.25, 0.3) is 0 Å². The second kappa shape index (κ2) is 20.9. The Kier molecular flexibility index (Phi) is 17.6. The van der Waals surface area contributed by atoms with Gasteiger partial charge in [-0.3, -0.25) is 0 Å². The number of unbranched alkanes of at least 4 members (excludes halogenated alkanes) is 12. The van der Waals surface area contributed by atoms with E-state index in [9.17, 15) is 0 Å². The molecule has 0 N–H and O–H groups in total. The fourth-order valence-corrected chi connectivity index (χ4v) is 5.25. The van der Waals surface area contributed by atoms with Gasteiger partial charge < -0.3 is 4.48 Å². The Morgan fingerprint density at radius 1 is 0.459 bits per heavy atom. The predicted octanol–water partition coefficient (Wildman–Crippen LogP) is 10.8. The molecule has 2 aromatic carbocycles. The predicted molar refractivity (Wildman–Crippen MR) is 165 cm³/mol. The van der Waals surface area contributed by atoms with Gasteiger partial charge in [0.2, 0.25) is 0 Å². The van der Waals surface area contributed by atoms with Crippen LogP contribution in [0.1, 0.15) is 115 Å². The summed E-state index contributed by atoms with van der Waals surface area (Å²) in [6, 6.07) is 22.2. The molecule has 204 valence electrons. The third-order valence-electron chi connectivity index (χ3n) is 7.49. The molecule has 0 radical (unpaired) electrons. The quantitative estimate of drug-likeness (QED) is 0.0853. The molecule has 37 heavy (non-hydrogen) atoms. The minimum absolute atomic E-state index is 1.05. The average molecular weight is 503 g/mol. The Morgan fingerprint density at radius 2 is 0.838 bits per heavy atom. The molecular weight excluding hydrogens is 446 g/mol. The van der Waals surface area contributed by atoms with E-state index in [4.69, 9.17) is 0 Å². The van der Waals surface area contributed by atoms with E-state index in [0.29, 0.717) is 0 Å². The summed E-state index contributed by atoms with van der Waals surface area (Å²) in [5, 5.41) is 0. The smallest absolute Gasteiger partial charge is 0.105 e. The van der Waals surface area contributed by atoms with Crippen LogP contribution in [-0.4, -0.2) is 17.6 Å². The van der Waals surface area contributed by atoms with Crippen molar-refractivity contribution >= 4 is 0 Å². The van der Waals surface area contributed by atoms with Crippen molar-refractivity contribution in [1.29, 1.82) is 0 Å². The first-order chi connectivity index (χ1) is 18.3. The molecular formula is C36H56N+. The lowest BCUT2D eigenvalue weighted by atomic mass is 10.1. The van der Waals surface area contributed by atoms with Gasteiger partial charge in [-0.2, -0.15) is 0 Å². The number of hydrogen-bond acceptors (Lipinski definition) is 0. The minimum atomic E-state index is 1.05. The number of nitrogens with zero attached hydrogens (tertiary/aromatic N) is 1. The first kappa shape index (κ1) is 31.1. The van der Waals surface area contributed by atoms with Gasteiger partial charge >= 0.3 is 0 Å². The Bertz CT molecular complexity index is 749. The SMILES string of the molecule is CCCCCCCC/C=C/C[N+](C/C=C/CCCCCCCC)(Cc1ccccc1)Cc1ccccc1. The summed E-state index contributed by atoms with van der Waals surface area (Å²) in [5.41, 5.74) is 2.87. The molecule has 0 aliphatic heterocycles. The van der Waals surface area contributed by atoms with Gasteiger partial charge in [0.1, 0.15) is 13.1 Å². The summed E-state index contributed by atoms with van der Waals surface area (Å²) in [7, 11) is 0. The summed E-state index contributed by atoms with van der Waals surface area (Å²) >= 11 is 0. The van der Waals surface area contributed by atoms with Crippen molar-refractivity contribution < 1.29 is 4.48 Å². The van der Waals surface area contributed by atoms with Crippen LogP contribution in [0, 0.1) is 0 Å². The summed E-state index contributed by atoms with van der Waals surface area (Å²) in [5.74, 6) is 0. The lowest BCUT2D eigenvalue weighted by Crippen LogP contribution is -2.46. The summed E-state index contributed by atoms with van der Waals surface area (Å²) < 4.78 is 1.05. The lowest BCUT2D eigenvalue weighted by Gasteiger charge is -2.37. The molecule has 0 amide bonds. The molecule has 2 rings (SSSR count). The molecule has 0 heterocycles. The van der Waals surface area contributed by atoms with Gasteiger partial charge in [0.05, 0.1) is 13.1 Å². The molecule has 2 aromatic rings. The average Bonchev–Trinajstić information content (AvgIpc) is 2.92. The molecule has 0 saturated carbocycles. The zero-order valence-electron chi connectivity index (χ0n) is 24.3. The van der Waals surface area contributed by atoms with Crippen molar-refractivity contribution in [2.45, 2.75) is 117 Å². The number of rotatable bonds is 22. The maximum Gasteiger partial charge on any atom is 0.105 e. The van der Waals surface area contributed by atoms with E-state index in [2.05, 4.69) is 98.8 Å². The molecule has 0 spiro atoms. The molecule has 0 saturated heterocycles. The van der Waals surface area contributed by atoms with Crippen LogP contribution in [0.5, 0.6) is 0 Å². The Balaban J connectivity index is 2.03. The van der Waals surface area contributed by atoms with Crippen LogP contribution in [0.4, 0.5) is 0 Å². The number of allylic oxidation sites excluding steroid dienone is 2. The molecule has 0 bridgehead atoms. The van der Waals surface area contributed by atoms with Gasteiger partial charge in [-0.25, -0.2) is 0 Å². The van der Waals surface area contributed by atoms with E-state index < -0.39 is 0 Å². The molecule has 0 aliphatic rings. The fourth-order valence-electron chi connectivity index (χ4n) is 5.25. The maximum absolute atomic E-state index is 2.49. The monoisotopic (exact) mass is 502 g/mol. The Hall–Kier alpha value is -2.12. The molecule has 0 aromatic heterocycles. The second-order valence-corrected chi connectivity index (χ2v) is 11.0.